The molecule has 0 heterocycles. The van der Waals surface area contributed by atoms with Crippen molar-refractivity contribution in [2.24, 2.45) is 0 Å². The Kier molecular flexibility index (Phi) is 14.1. The first kappa shape index (κ1) is 25.0. The zero-order valence-electron chi connectivity index (χ0n) is 17.9. The van der Waals surface area contributed by atoms with Crippen LogP contribution in [0.2, 0.25) is 17.7 Å². The van der Waals surface area contributed by atoms with E-state index in [0.717, 1.165) is 0 Å². The molecule has 0 aliphatic carbocycles. The van der Waals surface area contributed by atoms with Gasteiger partial charge in [-0.1, -0.05) is 0 Å². The molecule has 2 unspecified atom stereocenters. The van der Waals surface area contributed by atoms with Crippen LogP contribution in [0.1, 0.15) is 66.2 Å². The van der Waals surface area contributed by atoms with Crippen LogP contribution in [0.15, 0.2) is 0 Å². The SMILES string of the molecule is CCC[CH2][Sn]([CH2]CCC)([CH2]CCC)[CH2]C(OC)C(C)OC(=O)N(C)C. The Hall–Kier alpha value is 0.0287. The molecule has 4 nitrogen and oxygen atoms in total. The summed E-state index contributed by atoms with van der Waals surface area (Å²) in [6.07, 6.45) is 7.49. The Balaban J connectivity index is 5.18. The van der Waals surface area contributed by atoms with E-state index in [2.05, 4.69) is 20.8 Å². The van der Waals surface area contributed by atoms with Crippen LogP contribution in [0.5, 0.6) is 0 Å². The number of ether oxygens (including phenoxy) is 2. The van der Waals surface area contributed by atoms with Crippen molar-refractivity contribution >= 4 is 24.5 Å². The predicted molar refractivity (Wildman–Crippen MR) is 110 cm³/mol. The third kappa shape index (κ3) is 10.1. The van der Waals surface area contributed by atoms with E-state index in [1.165, 1.54) is 61.2 Å². The summed E-state index contributed by atoms with van der Waals surface area (Å²) in [6, 6.07) is 0. The number of carbonyl (C=O) groups is 1. The van der Waals surface area contributed by atoms with Gasteiger partial charge in [-0.25, -0.2) is 0 Å². The second kappa shape index (κ2) is 14.1. The second-order valence-electron chi connectivity index (χ2n) is 7.77. The van der Waals surface area contributed by atoms with Crippen molar-refractivity contribution in [3.63, 3.8) is 0 Å². The molecule has 25 heavy (non-hydrogen) atoms. The van der Waals surface area contributed by atoms with Crippen LogP contribution < -0.4 is 0 Å². The topological polar surface area (TPSA) is 38.8 Å². The molecule has 0 fully saturated rings. The van der Waals surface area contributed by atoms with Crippen LogP contribution in [0.3, 0.4) is 0 Å². The summed E-state index contributed by atoms with van der Waals surface area (Å²) >= 11 is -2.29. The number of rotatable bonds is 14. The molecule has 0 bridgehead atoms. The maximum absolute atomic E-state index is 11.9. The molecule has 0 saturated heterocycles. The Morgan fingerprint density at radius 2 is 1.40 bits per heavy atom. The number of hydrogen-bond acceptors (Lipinski definition) is 3. The summed E-state index contributed by atoms with van der Waals surface area (Å²) in [4.78, 5) is 13.4. The Morgan fingerprint density at radius 1 is 0.960 bits per heavy atom. The average molecular weight is 464 g/mol. The molecule has 0 saturated carbocycles. The van der Waals surface area contributed by atoms with E-state index in [1.54, 1.807) is 21.2 Å². The molecule has 0 radical (unpaired) electrons. The van der Waals surface area contributed by atoms with Gasteiger partial charge in [-0.15, -0.1) is 0 Å². The van der Waals surface area contributed by atoms with Crippen molar-refractivity contribution in [2.45, 2.75) is 96.2 Å². The van der Waals surface area contributed by atoms with Crippen LogP contribution >= 0.6 is 0 Å². The number of amides is 1. The summed E-state index contributed by atoms with van der Waals surface area (Å²) in [5.74, 6) is 0. The fraction of sp³-hybridized carbons (Fsp3) is 0.950. The molecular formula is C20H43NO3Sn. The minimum atomic E-state index is -2.29. The van der Waals surface area contributed by atoms with Gasteiger partial charge in [0.15, 0.2) is 0 Å². The van der Waals surface area contributed by atoms with Gasteiger partial charge >= 0.3 is 161 Å². The number of unbranched alkanes of at least 4 members (excludes halogenated alkanes) is 3. The molecule has 0 rings (SSSR count). The van der Waals surface area contributed by atoms with Crippen LogP contribution in [-0.4, -0.2) is 62.8 Å². The quantitative estimate of drug-likeness (QED) is 0.299. The van der Waals surface area contributed by atoms with Crippen LogP contribution in [0.4, 0.5) is 4.79 Å². The Labute approximate surface area is 160 Å². The first-order valence-electron chi connectivity index (χ1n) is 10.3. The Bertz CT molecular complexity index is 328. The molecule has 0 spiro atoms. The molecule has 0 aliphatic rings. The molecule has 150 valence electrons. The van der Waals surface area contributed by atoms with Crippen LogP contribution in [0.25, 0.3) is 0 Å². The number of nitrogens with zero attached hydrogens (tertiary/aromatic N) is 1. The van der Waals surface area contributed by atoms with Crippen LogP contribution in [0, 0.1) is 0 Å². The van der Waals surface area contributed by atoms with Crippen molar-refractivity contribution in [1.29, 1.82) is 0 Å². The molecule has 2 atom stereocenters. The van der Waals surface area contributed by atoms with Crippen molar-refractivity contribution in [2.75, 3.05) is 21.2 Å². The van der Waals surface area contributed by atoms with E-state index in [0.29, 0.717) is 0 Å². The van der Waals surface area contributed by atoms with E-state index in [9.17, 15) is 4.79 Å². The van der Waals surface area contributed by atoms with Crippen molar-refractivity contribution < 1.29 is 14.3 Å². The van der Waals surface area contributed by atoms with E-state index >= 15 is 0 Å². The van der Waals surface area contributed by atoms with Crippen molar-refractivity contribution in [1.82, 2.24) is 4.90 Å². The van der Waals surface area contributed by atoms with E-state index in [1.807, 2.05) is 6.92 Å². The van der Waals surface area contributed by atoms with Gasteiger partial charge in [0, 0.05) is 0 Å². The maximum atomic E-state index is 11.9. The fourth-order valence-electron chi connectivity index (χ4n) is 3.54. The standard InChI is InChI=1S/C8H16NO3.3C4H9.Sn/c1-6(11-5)7(2)12-8(10)9(3)4;3*1-3-4-2;/h6-7H,1H2,2-5H3;3*1,3-4H2,2H3;. The normalized spacial score (nSPS) is 14.2. The zero-order valence-corrected chi connectivity index (χ0v) is 20.8. The van der Waals surface area contributed by atoms with Gasteiger partial charge in [0.25, 0.3) is 0 Å². The first-order valence-corrected chi connectivity index (χ1v) is 18.3. The van der Waals surface area contributed by atoms with E-state index in [-0.39, 0.29) is 18.3 Å². The third-order valence-electron chi connectivity index (χ3n) is 5.29. The minimum absolute atomic E-state index is 0.0465. The van der Waals surface area contributed by atoms with Crippen LogP contribution in [-0.2, 0) is 9.47 Å². The van der Waals surface area contributed by atoms with Gasteiger partial charge in [-0.2, -0.15) is 0 Å². The first-order chi connectivity index (χ1) is 11.9. The molecule has 1 amide bonds. The van der Waals surface area contributed by atoms with Gasteiger partial charge < -0.3 is 0 Å². The predicted octanol–water partition coefficient (Wildman–Crippen LogP) is 5.94. The van der Waals surface area contributed by atoms with Crippen molar-refractivity contribution in [3.8, 4) is 0 Å². The summed E-state index contributed by atoms with van der Waals surface area (Å²) in [7, 11) is 5.23. The van der Waals surface area contributed by atoms with E-state index in [4.69, 9.17) is 9.47 Å². The molecular weight excluding hydrogens is 421 g/mol. The molecule has 0 aromatic heterocycles. The fourth-order valence-corrected chi connectivity index (χ4v) is 20.7. The number of methoxy groups -OCH3 is 1. The molecule has 0 aliphatic heterocycles. The van der Waals surface area contributed by atoms with Gasteiger partial charge in [-0.3, -0.25) is 0 Å². The van der Waals surface area contributed by atoms with E-state index < -0.39 is 18.4 Å². The molecule has 0 N–H and O–H groups in total. The summed E-state index contributed by atoms with van der Waals surface area (Å²) in [5, 5.41) is 0. The van der Waals surface area contributed by atoms with Gasteiger partial charge in [-0.05, 0) is 0 Å². The zero-order chi connectivity index (χ0) is 19.3. The van der Waals surface area contributed by atoms with Gasteiger partial charge in [0.2, 0.25) is 0 Å². The Morgan fingerprint density at radius 3 is 1.72 bits per heavy atom. The van der Waals surface area contributed by atoms with Gasteiger partial charge in [0.05, 0.1) is 0 Å². The average Bonchev–Trinajstić information content (AvgIpc) is 2.60. The monoisotopic (exact) mass is 465 g/mol. The number of carbonyl (C=O) groups excluding carboxylic acids is 1. The molecule has 0 aromatic carbocycles. The number of hydrogen-bond donors (Lipinski definition) is 0. The third-order valence-corrected chi connectivity index (χ3v) is 21.0. The summed E-state index contributed by atoms with van der Waals surface area (Å²) in [5.41, 5.74) is 0. The molecule has 0 aromatic rings. The van der Waals surface area contributed by atoms with Crippen molar-refractivity contribution in [3.05, 3.63) is 0 Å². The summed E-state index contributed by atoms with van der Waals surface area (Å²) in [6.45, 7) is 8.88. The van der Waals surface area contributed by atoms with Gasteiger partial charge in [0.1, 0.15) is 0 Å². The second-order valence-corrected chi connectivity index (χ2v) is 21.8. The summed E-state index contributed by atoms with van der Waals surface area (Å²) < 4.78 is 17.0. The molecule has 5 heteroatoms.